The molecule has 0 aromatic heterocycles. The molecule has 0 aliphatic carbocycles. The Morgan fingerprint density at radius 2 is 1.55 bits per heavy atom. The predicted octanol–water partition coefficient (Wildman–Crippen LogP) is 3.17. The molecule has 0 bridgehead atoms. The molecule has 2 aromatic carbocycles. The van der Waals surface area contributed by atoms with Crippen molar-refractivity contribution in [2.45, 2.75) is 38.8 Å². The van der Waals surface area contributed by atoms with Crippen LogP contribution in [0.4, 0.5) is 0 Å². The number of hydrogen-bond donors (Lipinski definition) is 3. The topological polar surface area (TPSA) is 105 Å². The van der Waals surface area contributed by atoms with Gasteiger partial charge in [-0.05, 0) is 47.6 Å². The van der Waals surface area contributed by atoms with Crippen molar-refractivity contribution in [3.8, 4) is 22.6 Å². The number of rotatable bonds is 9. The zero-order chi connectivity index (χ0) is 21.0. The highest BCUT2D eigenvalue weighted by Gasteiger charge is 2.26. The van der Waals surface area contributed by atoms with Crippen LogP contribution in [0.2, 0.25) is 0 Å². The summed E-state index contributed by atoms with van der Waals surface area (Å²) >= 11 is 0. The lowest BCUT2D eigenvalue weighted by Gasteiger charge is -2.22. The fraction of sp³-hybridized carbons (Fsp3) is 0.364. The summed E-state index contributed by atoms with van der Waals surface area (Å²) in [6.07, 6.45) is 0.556. The van der Waals surface area contributed by atoms with Crippen LogP contribution in [0.5, 0.6) is 11.5 Å². The number of carboxylic acid groups (broad SMARTS) is 2. The first kappa shape index (κ1) is 20.7. The molecular formula is C22H25NO6. The first-order valence-electron chi connectivity index (χ1n) is 9.54. The number of carboxylic acids is 2. The maximum absolute atomic E-state index is 11.7. The standard InChI is InChI=1S/C22H25NO6/c1-13(2)9-17(21(24)25)23-18(22(26)27)10-14-3-5-15(6-4-14)16-7-8-19-20(11-16)29-12-28-19/h3-8,11,13,17-18,23H,9-10,12H2,1-2H3,(H,24,25)(H,26,27)/t17-,18-/m0/s1. The fourth-order valence-electron chi connectivity index (χ4n) is 3.32. The Labute approximate surface area is 169 Å². The Hall–Kier alpha value is -3.06. The van der Waals surface area contributed by atoms with Crippen molar-refractivity contribution in [1.29, 1.82) is 0 Å². The van der Waals surface area contributed by atoms with Crippen LogP contribution in [0, 0.1) is 5.92 Å². The van der Waals surface area contributed by atoms with Crippen molar-refractivity contribution in [3.05, 3.63) is 48.0 Å². The second-order valence-electron chi connectivity index (χ2n) is 7.55. The lowest BCUT2D eigenvalue weighted by atomic mass is 9.98. The highest BCUT2D eigenvalue weighted by Crippen LogP contribution is 2.35. The van der Waals surface area contributed by atoms with E-state index in [1.165, 1.54) is 0 Å². The van der Waals surface area contributed by atoms with E-state index in [0.29, 0.717) is 12.2 Å². The molecular weight excluding hydrogens is 374 g/mol. The van der Waals surface area contributed by atoms with Crippen molar-refractivity contribution in [2.75, 3.05) is 6.79 Å². The zero-order valence-corrected chi connectivity index (χ0v) is 16.4. The smallest absolute Gasteiger partial charge is 0.321 e. The van der Waals surface area contributed by atoms with Crippen LogP contribution in [0.25, 0.3) is 11.1 Å². The molecule has 0 unspecified atom stereocenters. The molecule has 29 heavy (non-hydrogen) atoms. The quantitative estimate of drug-likeness (QED) is 0.595. The zero-order valence-electron chi connectivity index (χ0n) is 16.4. The molecule has 2 aromatic rings. The van der Waals surface area contributed by atoms with E-state index in [1.54, 1.807) is 0 Å². The summed E-state index contributed by atoms with van der Waals surface area (Å²) in [5, 5.41) is 21.7. The summed E-state index contributed by atoms with van der Waals surface area (Å²) in [6, 6.07) is 11.4. The number of nitrogens with one attached hydrogen (secondary N) is 1. The summed E-state index contributed by atoms with van der Waals surface area (Å²) < 4.78 is 10.7. The molecule has 1 aliphatic heterocycles. The first-order valence-corrected chi connectivity index (χ1v) is 9.54. The molecule has 0 spiro atoms. The van der Waals surface area contributed by atoms with Gasteiger partial charge in [0.15, 0.2) is 11.5 Å². The van der Waals surface area contributed by atoms with Crippen LogP contribution in [0.1, 0.15) is 25.8 Å². The monoisotopic (exact) mass is 399 g/mol. The van der Waals surface area contributed by atoms with Gasteiger partial charge in [-0.1, -0.05) is 44.2 Å². The molecule has 3 N–H and O–H groups in total. The molecule has 1 aliphatic rings. The number of fused-ring (bicyclic) bond motifs is 1. The molecule has 7 heteroatoms. The van der Waals surface area contributed by atoms with Gasteiger partial charge < -0.3 is 19.7 Å². The van der Waals surface area contributed by atoms with Crippen LogP contribution in [0.3, 0.4) is 0 Å². The van der Waals surface area contributed by atoms with Gasteiger partial charge in [0.05, 0.1) is 0 Å². The maximum atomic E-state index is 11.7. The van der Waals surface area contributed by atoms with Crippen molar-refractivity contribution in [3.63, 3.8) is 0 Å². The van der Waals surface area contributed by atoms with E-state index < -0.39 is 24.0 Å². The van der Waals surface area contributed by atoms with Crippen molar-refractivity contribution >= 4 is 11.9 Å². The van der Waals surface area contributed by atoms with Gasteiger partial charge in [-0.2, -0.15) is 0 Å². The van der Waals surface area contributed by atoms with E-state index in [9.17, 15) is 19.8 Å². The average Bonchev–Trinajstić information content (AvgIpc) is 3.14. The molecule has 7 nitrogen and oxygen atoms in total. The highest BCUT2D eigenvalue weighted by molar-refractivity contribution is 5.78. The number of carbonyl (C=O) groups is 2. The van der Waals surface area contributed by atoms with Gasteiger partial charge >= 0.3 is 11.9 Å². The summed E-state index contributed by atoms with van der Waals surface area (Å²) in [5.74, 6) is -0.552. The van der Waals surface area contributed by atoms with Crippen LogP contribution < -0.4 is 14.8 Å². The van der Waals surface area contributed by atoms with Gasteiger partial charge in [0.25, 0.3) is 0 Å². The normalized spacial score (nSPS) is 14.6. The number of ether oxygens (including phenoxy) is 2. The third-order valence-corrected chi connectivity index (χ3v) is 4.81. The SMILES string of the molecule is CC(C)C[C@H](N[C@@H](Cc1ccc(-c2ccc3c(c2)OCO3)cc1)C(=O)O)C(=O)O. The molecule has 0 saturated heterocycles. The van der Waals surface area contributed by atoms with E-state index in [2.05, 4.69) is 5.32 Å². The lowest BCUT2D eigenvalue weighted by Crippen LogP contribution is -2.48. The molecule has 0 fully saturated rings. The Morgan fingerprint density at radius 1 is 0.931 bits per heavy atom. The van der Waals surface area contributed by atoms with Gasteiger partial charge in [-0.25, -0.2) is 0 Å². The van der Waals surface area contributed by atoms with Crippen LogP contribution in [-0.4, -0.2) is 41.0 Å². The predicted molar refractivity (Wildman–Crippen MR) is 107 cm³/mol. The first-order chi connectivity index (χ1) is 13.8. The van der Waals surface area contributed by atoms with Gasteiger partial charge in [-0.15, -0.1) is 0 Å². The number of aliphatic carboxylic acids is 2. The van der Waals surface area contributed by atoms with Crippen molar-refractivity contribution in [1.82, 2.24) is 5.32 Å². The minimum absolute atomic E-state index is 0.138. The van der Waals surface area contributed by atoms with Crippen LogP contribution >= 0.6 is 0 Å². The molecule has 2 atom stereocenters. The fourth-order valence-corrected chi connectivity index (χ4v) is 3.32. The molecule has 0 amide bonds. The largest absolute Gasteiger partial charge is 0.480 e. The minimum Gasteiger partial charge on any atom is -0.480 e. The molecule has 1 heterocycles. The van der Waals surface area contributed by atoms with E-state index >= 15 is 0 Å². The summed E-state index contributed by atoms with van der Waals surface area (Å²) in [4.78, 5) is 23.1. The van der Waals surface area contributed by atoms with Gasteiger partial charge in [0.1, 0.15) is 12.1 Å². The van der Waals surface area contributed by atoms with Gasteiger partial charge in [0.2, 0.25) is 6.79 Å². The number of hydrogen-bond acceptors (Lipinski definition) is 5. The minimum atomic E-state index is -1.07. The van der Waals surface area contributed by atoms with Gasteiger partial charge in [0, 0.05) is 0 Å². The average molecular weight is 399 g/mol. The molecule has 0 saturated carbocycles. The van der Waals surface area contributed by atoms with E-state index in [1.807, 2.05) is 56.3 Å². The van der Waals surface area contributed by atoms with Crippen molar-refractivity contribution < 1.29 is 29.3 Å². The molecule has 154 valence electrons. The second-order valence-corrected chi connectivity index (χ2v) is 7.55. The Kier molecular flexibility index (Phi) is 6.39. The Bertz CT molecular complexity index is 877. The lowest BCUT2D eigenvalue weighted by molar-refractivity contribution is -0.142. The maximum Gasteiger partial charge on any atom is 0.321 e. The Balaban J connectivity index is 1.71. The summed E-state index contributed by atoms with van der Waals surface area (Å²) in [5.41, 5.74) is 2.75. The Morgan fingerprint density at radius 3 is 2.17 bits per heavy atom. The summed E-state index contributed by atoms with van der Waals surface area (Å²) in [7, 11) is 0. The number of benzene rings is 2. The van der Waals surface area contributed by atoms with Crippen LogP contribution in [0.15, 0.2) is 42.5 Å². The third-order valence-electron chi connectivity index (χ3n) is 4.81. The van der Waals surface area contributed by atoms with E-state index in [-0.39, 0.29) is 19.1 Å². The van der Waals surface area contributed by atoms with Crippen LogP contribution in [-0.2, 0) is 16.0 Å². The van der Waals surface area contributed by atoms with E-state index in [4.69, 9.17) is 9.47 Å². The van der Waals surface area contributed by atoms with E-state index in [0.717, 1.165) is 22.4 Å². The molecule has 3 rings (SSSR count). The van der Waals surface area contributed by atoms with Gasteiger partial charge in [-0.3, -0.25) is 14.9 Å². The van der Waals surface area contributed by atoms with Crippen molar-refractivity contribution in [2.24, 2.45) is 5.92 Å². The summed E-state index contributed by atoms with van der Waals surface area (Å²) in [6.45, 7) is 4.03. The third kappa shape index (κ3) is 5.26. The second kappa shape index (κ2) is 8.96. The molecule has 0 radical (unpaired) electrons. The highest BCUT2D eigenvalue weighted by atomic mass is 16.7.